The maximum Gasteiger partial charge on any atom is 0.573 e. The second-order valence-corrected chi connectivity index (χ2v) is 3.56. The zero-order valence-corrected chi connectivity index (χ0v) is 9.39. The summed E-state index contributed by atoms with van der Waals surface area (Å²) in [5, 5.41) is 3.86. The number of ether oxygens (including phenoxy) is 1. The van der Waals surface area contributed by atoms with Gasteiger partial charge in [-0.2, -0.15) is 5.10 Å². The molecule has 0 saturated heterocycles. The Morgan fingerprint density at radius 1 is 1.26 bits per heavy atom. The Morgan fingerprint density at radius 2 is 1.89 bits per heavy atom. The van der Waals surface area contributed by atoms with Crippen molar-refractivity contribution in [1.82, 2.24) is 9.78 Å². The third-order valence-electron chi connectivity index (χ3n) is 2.28. The number of rotatable bonds is 3. The van der Waals surface area contributed by atoms with Crippen LogP contribution in [-0.4, -0.2) is 22.4 Å². The number of aldehydes is 1. The molecule has 0 saturated carbocycles. The van der Waals surface area contributed by atoms with Crippen molar-refractivity contribution in [3.8, 4) is 11.4 Å². The fourth-order valence-electron chi connectivity index (χ4n) is 1.46. The molecule has 19 heavy (non-hydrogen) atoms. The molecular formula is C11H8F3N3O2. The lowest BCUT2D eigenvalue weighted by atomic mass is 10.3. The SMILES string of the molecule is Nc1c(C=O)cnn1-c1ccc(OC(F)(F)F)cc1. The standard InChI is InChI=1S/C11H8F3N3O2/c12-11(13,14)19-9-3-1-8(2-4-9)17-10(15)7(6-18)5-16-17/h1-6H,15H2. The molecule has 0 atom stereocenters. The van der Waals surface area contributed by atoms with Crippen molar-refractivity contribution < 1.29 is 22.7 Å². The second-order valence-electron chi connectivity index (χ2n) is 3.56. The summed E-state index contributed by atoms with van der Waals surface area (Å²) in [5.41, 5.74) is 6.26. The second kappa shape index (κ2) is 4.63. The molecule has 100 valence electrons. The molecule has 1 heterocycles. The number of nitrogen functional groups attached to an aromatic ring is 1. The summed E-state index contributed by atoms with van der Waals surface area (Å²) < 4.78 is 40.9. The maximum absolute atomic E-state index is 12.0. The molecule has 0 fully saturated rings. The first-order valence-corrected chi connectivity index (χ1v) is 5.05. The van der Waals surface area contributed by atoms with Gasteiger partial charge < -0.3 is 10.5 Å². The zero-order chi connectivity index (χ0) is 14.0. The molecule has 0 aliphatic rings. The van der Waals surface area contributed by atoms with Crippen LogP contribution < -0.4 is 10.5 Å². The van der Waals surface area contributed by atoms with Crippen LogP contribution in [0.5, 0.6) is 5.75 Å². The number of nitrogens with zero attached hydrogens (tertiary/aromatic N) is 2. The molecule has 8 heteroatoms. The Bertz CT molecular complexity index is 590. The minimum atomic E-state index is -4.74. The number of carbonyl (C=O) groups excluding carboxylic acids is 1. The summed E-state index contributed by atoms with van der Waals surface area (Å²) >= 11 is 0. The van der Waals surface area contributed by atoms with Crippen molar-refractivity contribution in [1.29, 1.82) is 0 Å². The number of anilines is 1. The van der Waals surface area contributed by atoms with E-state index >= 15 is 0 Å². The number of alkyl halides is 3. The predicted molar refractivity (Wildman–Crippen MR) is 60.0 cm³/mol. The van der Waals surface area contributed by atoms with Crippen LogP contribution in [0.3, 0.4) is 0 Å². The van der Waals surface area contributed by atoms with Crippen LogP contribution in [0, 0.1) is 0 Å². The van der Waals surface area contributed by atoms with Crippen molar-refractivity contribution in [2.24, 2.45) is 0 Å². The van der Waals surface area contributed by atoms with Gasteiger partial charge in [0.1, 0.15) is 11.6 Å². The van der Waals surface area contributed by atoms with Gasteiger partial charge in [0.15, 0.2) is 6.29 Å². The van der Waals surface area contributed by atoms with Crippen LogP contribution in [0.25, 0.3) is 5.69 Å². The van der Waals surface area contributed by atoms with E-state index in [2.05, 4.69) is 9.84 Å². The quantitative estimate of drug-likeness (QED) is 0.868. The van der Waals surface area contributed by atoms with Crippen molar-refractivity contribution in [2.75, 3.05) is 5.73 Å². The van der Waals surface area contributed by atoms with Gasteiger partial charge in [0.05, 0.1) is 17.4 Å². The van der Waals surface area contributed by atoms with Gasteiger partial charge >= 0.3 is 6.36 Å². The predicted octanol–water partition coefficient (Wildman–Crippen LogP) is 2.17. The average Bonchev–Trinajstić information content (AvgIpc) is 2.69. The molecule has 0 bridgehead atoms. The molecular weight excluding hydrogens is 263 g/mol. The van der Waals surface area contributed by atoms with Crippen LogP contribution >= 0.6 is 0 Å². The first-order chi connectivity index (χ1) is 8.90. The van der Waals surface area contributed by atoms with Crippen molar-refractivity contribution in [3.05, 3.63) is 36.0 Å². The number of benzene rings is 1. The third kappa shape index (κ3) is 2.84. The molecule has 0 unspecified atom stereocenters. The molecule has 2 N–H and O–H groups in total. The number of carbonyl (C=O) groups is 1. The topological polar surface area (TPSA) is 70.1 Å². The van der Waals surface area contributed by atoms with Gasteiger partial charge in [-0.25, -0.2) is 4.68 Å². The number of nitrogens with two attached hydrogens (primary N) is 1. The Labute approximate surface area is 105 Å². The Balaban J connectivity index is 2.27. The van der Waals surface area contributed by atoms with Crippen LogP contribution in [-0.2, 0) is 0 Å². The van der Waals surface area contributed by atoms with Crippen molar-refractivity contribution in [3.63, 3.8) is 0 Å². The van der Waals surface area contributed by atoms with Crippen LogP contribution in [0.4, 0.5) is 19.0 Å². The van der Waals surface area contributed by atoms with Gasteiger partial charge in [-0.05, 0) is 24.3 Å². The highest BCUT2D eigenvalue weighted by molar-refractivity contribution is 5.81. The largest absolute Gasteiger partial charge is 0.573 e. The lowest BCUT2D eigenvalue weighted by Gasteiger charge is -2.09. The van der Waals surface area contributed by atoms with Gasteiger partial charge in [-0.3, -0.25) is 4.79 Å². The normalized spacial score (nSPS) is 11.3. The third-order valence-corrected chi connectivity index (χ3v) is 2.28. The highest BCUT2D eigenvalue weighted by atomic mass is 19.4. The lowest BCUT2D eigenvalue weighted by molar-refractivity contribution is -0.274. The Morgan fingerprint density at radius 3 is 2.37 bits per heavy atom. The van der Waals surface area contributed by atoms with Crippen LogP contribution in [0.1, 0.15) is 10.4 Å². The Kier molecular flexibility index (Phi) is 3.16. The zero-order valence-electron chi connectivity index (χ0n) is 9.39. The van der Waals surface area contributed by atoms with Crippen LogP contribution in [0.15, 0.2) is 30.5 Å². The molecule has 2 rings (SSSR count). The van der Waals surface area contributed by atoms with Crippen molar-refractivity contribution in [2.45, 2.75) is 6.36 Å². The van der Waals surface area contributed by atoms with Crippen molar-refractivity contribution >= 4 is 12.1 Å². The first kappa shape index (κ1) is 12.9. The van der Waals surface area contributed by atoms with E-state index in [0.717, 1.165) is 12.1 Å². The summed E-state index contributed by atoms with van der Waals surface area (Å²) in [6.45, 7) is 0. The molecule has 1 aromatic carbocycles. The summed E-state index contributed by atoms with van der Waals surface area (Å²) in [6, 6.07) is 4.95. The van der Waals surface area contributed by atoms with Gasteiger partial charge in [0.2, 0.25) is 0 Å². The van der Waals surface area contributed by atoms with E-state index in [1.165, 1.54) is 23.0 Å². The molecule has 0 radical (unpaired) electrons. The lowest BCUT2D eigenvalue weighted by Crippen LogP contribution is -2.17. The van der Waals surface area contributed by atoms with E-state index in [9.17, 15) is 18.0 Å². The molecule has 0 spiro atoms. The summed E-state index contributed by atoms with van der Waals surface area (Å²) in [6.07, 6.45) is -2.93. The fourth-order valence-corrected chi connectivity index (χ4v) is 1.46. The van der Waals surface area contributed by atoms with E-state index in [0.29, 0.717) is 12.0 Å². The molecule has 0 aliphatic carbocycles. The number of hydrogen-bond donors (Lipinski definition) is 1. The summed E-state index contributed by atoms with van der Waals surface area (Å²) in [5.74, 6) is -0.239. The highest BCUT2D eigenvalue weighted by Gasteiger charge is 2.31. The van der Waals surface area contributed by atoms with Crippen LogP contribution in [0.2, 0.25) is 0 Å². The average molecular weight is 271 g/mol. The number of hydrogen-bond acceptors (Lipinski definition) is 4. The minimum absolute atomic E-state index is 0.111. The minimum Gasteiger partial charge on any atom is -0.406 e. The van der Waals surface area contributed by atoms with Gasteiger partial charge in [0, 0.05) is 0 Å². The maximum atomic E-state index is 12.0. The molecule has 0 amide bonds. The number of aromatic nitrogens is 2. The molecule has 5 nitrogen and oxygen atoms in total. The summed E-state index contributed by atoms with van der Waals surface area (Å²) in [7, 11) is 0. The van der Waals surface area contributed by atoms with E-state index in [1.54, 1.807) is 0 Å². The van der Waals surface area contributed by atoms with E-state index < -0.39 is 6.36 Å². The molecule has 1 aromatic heterocycles. The monoisotopic (exact) mass is 271 g/mol. The van der Waals surface area contributed by atoms with Gasteiger partial charge in [-0.15, -0.1) is 13.2 Å². The van der Waals surface area contributed by atoms with E-state index in [4.69, 9.17) is 5.73 Å². The van der Waals surface area contributed by atoms with Gasteiger partial charge in [0.25, 0.3) is 0 Å². The smallest absolute Gasteiger partial charge is 0.406 e. The van der Waals surface area contributed by atoms with E-state index in [-0.39, 0.29) is 17.1 Å². The van der Waals surface area contributed by atoms with Gasteiger partial charge in [-0.1, -0.05) is 0 Å². The van der Waals surface area contributed by atoms with E-state index in [1.807, 2.05) is 0 Å². The summed E-state index contributed by atoms with van der Waals surface area (Å²) in [4.78, 5) is 10.6. The number of halogens is 3. The Hall–Kier alpha value is -2.51. The molecule has 0 aliphatic heterocycles. The highest BCUT2D eigenvalue weighted by Crippen LogP contribution is 2.24. The first-order valence-electron chi connectivity index (χ1n) is 5.05. The fraction of sp³-hybridized carbons (Fsp3) is 0.0909. The molecule has 2 aromatic rings.